The Morgan fingerprint density at radius 2 is 2.10 bits per heavy atom. The van der Waals surface area contributed by atoms with Crippen molar-refractivity contribution in [1.29, 1.82) is 0 Å². The van der Waals surface area contributed by atoms with Crippen LogP contribution in [-0.2, 0) is 6.54 Å². The monoisotopic (exact) mass is 292 g/mol. The van der Waals surface area contributed by atoms with Gasteiger partial charge in [-0.15, -0.1) is 0 Å². The molecule has 0 bridgehead atoms. The van der Waals surface area contributed by atoms with Crippen LogP contribution >= 0.6 is 0 Å². The summed E-state index contributed by atoms with van der Waals surface area (Å²) in [5.41, 5.74) is 0.904. The number of hydrogen-bond acceptors (Lipinski definition) is 3. The molecule has 21 heavy (non-hydrogen) atoms. The highest BCUT2D eigenvalue weighted by molar-refractivity contribution is 5.79. The fourth-order valence-electron chi connectivity index (χ4n) is 2.99. The van der Waals surface area contributed by atoms with E-state index in [4.69, 9.17) is 4.52 Å². The Labute approximate surface area is 127 Å². The van der Waals surface area contributed by atoms with Gasteiger partial charge in [0.25, 0.3) is 0 Å². The summed E-state index contributed by atoms with van der Waals surface area (Å²) < 4.78 is 5.19. The van der Waals surface area contributed by atoms with Gasteiger partial charge in [0.1, 0.15) is 0 Å². The highest BCUT2D eigenvalue weighted by Gasteiger charge is 2.23. The van der Waals surface area contributed by atoms with Gasteiger partial charge >= 0.3 is 0 Å². The van der Waals surface area contributed by atoms with Gasteiger partial charge in [0.15, 0.2) is 11.7 Å². The van der Waals surface area contributed by atoms with Crippen molar-refractivity contribution in [3.8, 4) is 0 Å². The Bertz CT molecular complexity index is 459. The molecule has 1 aromatic rings. The molecule has 5 nitrogen and oxygen atoms in total. The Hall–Kier alpha value is -1.52. The van der Waals surface area contributed by atoms with E-state index in [0.29, 0.717) is 12.6 Å². The number of nitrogens with one attached hydrogen (secondary N) is 2. The van der Waals surface area contributed by atoms with Crippen molar-refractivity contribution in [1.82, 2.24) is 15.8 Å². The molecule has 1 aliphatic carbocycles. The normalized spacial score (nSPS) is 23.4. The Morgan fingerprint density at radius 3 is 2.62 bits per heavy atom. The average Bonchev–Trinajstić information content (AvgIpc) is 2.89. The van der Waals surface area contributed by atoms with Crippen LogP contribution in [0.2, 0.25) is 0 Å². The first-order valence-electron chi connectivity index (χ1n) is 7.98. The predicted molar refractivity (Wildman–Crippen MR) is 85.2 cm³/mol. The molecule has 0 aliphatic heterocycles. The van der Waals surface area contributed by atoms with Crippen LogP contribution in [0, 0.1) is 18.8 Å². The van der Waals surface area contributed by atoms with E-state index in [1.807, 2.05) is 13.0 Å². The fourth-order valence-corrected chi connectivity index (χ4v) is 2.99. The SMILES string of the molecule is CN=C(NCc1cc(C)no1)NC1CCC(C(C)C)CC1. The van der Waals surface area contributed by atoms with Gasteiger partial charge in [-0.3, -0.25) is 4.99 Å². The fraction of sp³-hybridized carbons (Fsp3) is 0.750. The largest absolute Gasteiger partial charge is 0.359 e. The average molecular weight is 292 g/mol. The molecule has 5 heteroatoms. The van der Waals surface area contributed by atoms with Crippen LogP contribution in [0.3, 0.4) is 0 Å². The third kappa shape index (κ3) is 4.76. The zero-order valence-corrected chi connectivity index (χ0v) is 13.6. The second-order valence-corrected chi connectivity index (χ2v) is 6.36. The number of guanidine groups is 1. The smallest absolute Gasteiger partial charge is 0.191 e. The molecule has 0 spiro atoms. The van der Waals surface area contributed by atoms with Gasteiger partial charge < -0.3 is 15.2 Å². The van der Waals surface area contributed by atoms with Crippen molar-refractivity contribution in [3.05, 3.63) is 17.5 Å². The number of rotatable bonds is 4. The Balaban J connectivity index is 1.75. The third-order valence-electron chi connectivity index (χ3n) is 4.39. The zero-order valence-electron chi connectivity index (χ0n) is 13.6. The zero-order chi connectivity index (χ0) is 15.2. The van der Waals surface area contributed by atoms with Crippen LogP contribution in [-0.4, -0.2) is 24.2 Å². The maximum absolute atomic E-state index is 5.19. The highest BCUT2D eigenvalue weighted by Crippen LogP contribution is 2.29. The van der Waals surface area contributed by atoms with Gasteiger partial charge in [-0.1, -0.05) is 19.0 Å². The van der Waals surface area contributed by atoms with E-state index < -0.39 is 0 Å². The summed E-state index contributed by atoms with van der Waals surface area (Å²) >= 11 is 0. The molecule has 1 fully saturated rings. The van der Waals surface area contributed by atoms with Crippen LogP contribution in [0.25, 0.3) is 0 Å². The van der Waals surface area contributed by atoms with E-state index in [1.54, 1.807) is 7.05 Å². The molecule has 1 heterocycles. The molecule has 1 saturated carbocycles. The van der Waals surface area contributed by atoms with Crippen LogP contribution < -0.4 is 10.6 Å². The molecule has 2 rings (SSSR count). The summed E-state index contributed by atoms with van der Waals surface area (Å²) in [4.78, 5) is 4.29. The van der Waals surface area contributed by atoms with Gasteiger partial charge in [-0.25, -0.2) is 0 Å². The van der Waals surface area contributed by atoms with Gasteiger partial charge in [0, 0.05) is 19.2 Å². The number of hydrogen-bond donors (Lipinski definition) is 2. The second-order valence-electron chi connectivity index (χ2n) is 6.36. The number of aryl methyl sites for hydroxylation is 1. The summed E-state index contributed by atoms with van der Waals surface area (Å²) in [6.45, 7) is 7.20. The molecule has 0 atom stereocenters. The van der Waals surface area contributed by atoms with Crippen LogP contribution in [0.5, 0.6) is 0 Å². The maximum atomic E-state index is 5.19. The van der Waals surface area contributed by atoms with Crippen LogP contribution in [0.1, 0.15) is 51.0 Å². The van der Waals surface area contributed by atoms with Gasteiger partial charge in [0.05, 0.1) is 12.2 Å². The molecule has 1 aromatic heterocycles. The van der Waals surface area contributed by atoms with Crippen molar-refractivity contribution in [2.45, 2.75) is 59.0 Å². The summed E-state index contributed by atoms with van der Waals surface area (Å²) in [5, 5.41) is 10.7. The van der Waals surface area contributed by atoms with Crippen molar-refractivity contribution < 1.29 is 4.52 Å². The Morgan fingerprint density at radius 1 is 1.38 bits per heavy atom. The minimum Gasteiger partial charge on any atom is -0.359 e. The molecule has 0 unspecified atom stereocenters. The quantitative estimate of drug-likeness (QED) is 0.661. The molecule has 1 aliphatic rings. The predicted octanol–water partition coefficient (Wildman–Crippen LogP) is 2.86. The van der Waals surface area contributed by atoms with Crippen molar-refractivity contribution in [2.24, 2.45) is 16.8 Å². The first kappa shape index (κ1) is 15.9. The van der Waals surface area contributed by atoms with E-state index in [-0.39, 0.29) is 0 Å². The topological polar surface area (TPSA) is 62.5 Å². The molecule has 118 valence electrons. The standard InChI is InChI=1S/C16H28N4O/c1-11(2)13-5-7-14(8-6-13)19-16(17-4)18-10-15-9-12(3)20-21-15/h9,11,13-14H,5-8,10H2,1-4H3,(H2,17,18,19). The Kier molecular flexibility index (Phi) is 5.65. The first-order chi connectivity index (χ1) is 10.1. The molecular weight excluding hydrogens is 264 g/mol. The van der Waals surface area contributed by atoms with Crippen molar-refractivity contribution >= 4 is 5.96 Å². The second kappa shape index (κ2) is 7.48. The van der Waals surface area contributed by atoms with E-state index in [2.05, 4.69) is 34.6 Å². The molecule has 0 amide bonds. The van der Waals surface area contributed by atoms with Crippen LogP contribution in [0.15, 0.2) is 15.6 Å². The summed E-state index contributed by atoms with van der Waals surface area (Å²) in [5.74, 6) is 3.37. The molecule has 0 saturated heterocycles. The molecule has 2 N–H and O–H groups in total. The molecular formula is C16H28N4O. The van der Waals surface area contributed by atoms with Gasteiger partial charge in [-0.05, 0) is 44.4 Å². The van der Waals surface area contributed by atoms with E-state index in [9.17, 15) is 0 Å². The number of nitrogens with zero attached hydrogens (tertiary/aromatic N) is 2. The first-order valence-corrected chi connectivity index (χ1v) is 7.98. The van der Waals surface area contributed by atoms with E-state index in [0.717, 1.165) is 29.2 Å². The summed E-state index contributed by atoms with van der Waals surface area (Å²) in [6.07, 6.45) is 5.08. The number of aliphatic imine (C=N–C) groups is 1. The minimum atomic E-state index is 0.530. The molecule has 0 aromatic carbocycles. The lowest BCUT2D eigenvalue weighted by Gasteiger charge is -2.32. The lowest BCUT2D eigenvalue weighted by atomic mass is 9.80. The van der Waals surface area contributed by atoms with E-state index in [1.165, 1.54) is 25.7 Å². The maximum Gasteiger partial charge on any atom is 0.191 e. The van der Waals surface area contributed by atoms with E-state index >= 15 is 0 Å². The van der Waals surface area contributed by atoms with Gasteiger partial charge in [0.2, 0.25) is 0 Å². The van der Waals surface area contributed by atoms with Gasteiger partial charge in [-0.2, -0.15) is 0 Å². The molecule has 0 radical (unpaired) electrons. The summed E-state index contributed by atoms with van der Waals surface area (Å²) in [7, 11) is 1.81. The lowest BCUT2D eigenvalue weighted by Crippen LogP contribution is -2.44. The van der Waals surface area contributed by atoms with Crippen molar-refractivity contribution in [3.63, 3.8) is 0 Å². The third-order valence-corrected chi connectivity index (χ3v) is 4.39. The lowest BCUT2D eigenvalue weighted by molar-refractivity contribution is 0.250. The highest BCUT2D eigenvalue weighted by atomic mass is 16.5. The van der Waals surface area contributed by atoms with Crippen molar-refractivity contribution in [2.75, 3.05) is 7.05 Å². The summed E-state index contributed by atoms with van der Waals surface area (Å²) in [6, 6.07) is 2.47. The number of aromatic nitrogens is 1. The van der Waals surface area contributed by atoms with Crippen LogP contribution in [0.4, 0.5) is 0 Å². The minimum absolute atomic E-state index is 0.530.